The van der Waals surface area contributed by atoms with Gasteiger partial charge in [0.2, 0.25) is 0 Å². The predicted octanol–water partition coefficient (Wildman–Crippen LogP) is 5.36. The van der Waals surface area contributed by atoms with Crippen LogP contribution in [0.5, 0.6) is 0 Å². The van der Waals surface area contributed by atoms with E-state index >= 15 is 0 Å². The lowest BCUT2D eigenvalue weighted by Crippen LogP contribution is -2.31. The average Bonchev–Trinajstić information content (AvgIpc) is 2.50. The molecule has 0 amide bonds. The van der Waals surface area contributed by atoms with Gasteiger partial charge >= 0.3 is 0 Å². The third kappa shape index (κ3) is 7.13. The topological polar surface area (TPSA) is 23.5 Å². The molecule has 126 valence electrons. The minimum atomic E-state index is -0.431. The van der Waals surface area contributed by atoms with Crippen molar-refractivity contribution < 1.29 is 5.11 Å². The molecule has 1 N–H and O–H groups in total. The molecule has 1 atom stereocenters. The zero-order valence-corrected chi connectivity index (χ0v) is 15.2. The SMILES string of the molecule is CCCCCN(CCCCC)CC(O)c1ccc(Cl)c(C)c1. The molecule has 2 nitrogen and oxygen atoms in total. The van der Waals surface area contributed by atoms with Gasteiger partial charge in [-0.05, 0) is 50.0 Å². The Morgan fingerprint density at radius 1 is 1.05 bits per heavy atom. The molecule has 0 aliphatic carbocycles. The minimum Gasteiger partial charge on any atom is -0.387 e. The first-order valence-corrected chi connectivity index (χ1v) is 9.12. The van der Waals surface area contributed by atoms with E-state index < -0.39 is 6.10 Å². The Hall–Kier alpha value is -0.570. The summed E-state index contributed by atoms with van der Waals surface area (Å²) in [7, 11) is 0. The standard InChI is InChI=1S/C19H32ClNO/c1-4-6-8-12-21(13-9-7-5-2)15-19(22)17-10-11-18(20)16(3)14-17/h10-11,14,19,22H,4-9,12-13,15H2,1-3H3. The molecule has 1 unspecified atom stereocenters. The third-order valence-corrected chi connectivity index (χ3v) is 4.58. The number of nitrogens with zero attached hydrogens (tertiary/aromatic N) is 1. The van der Waals surface area contributed by atoms with Gasteiger partial charge in [-0.3, -0.25) is 0 Å². The number of halogens is 1. The van der Waals surface area contributed by atoms with Crippen molar-refractivity contribution in [2.45, 2.75) is 65.4 Å². The highest BCUT2D eigenvalue weighted by atomic mass is 35.5. The van der Waals surface area contributed by atoms with Crippen molar-refractivity contribution >= 4 is 11.6 Å². The van der Waals surface area contributed by atoms with E-state index in [0.717, 1.165) is 29.2 Å². The monoisotopic (exact) mass is 325 g/mol. The molecule has 0 radical (unpaired) electrons. The molecule has 0 bridgehead atoms. The molecule has 0 heterocycles. The lowest BCUT2D eigenvalue weighted by molar-refractivity contribution is 0.110. The summed E-state index contributed by atoms with van der Waals surface area (Å²) in [5.74, 6) is 0. The molecule has 0 saturated carbocycles. The maximum absolute atomic E-state index is 10.5. The molecule has 0 saturated heterocycles. The molecule has 0 aromatic heterocycles. The van der Waals surface area contributed by atoms with Crippen LogP contribution in [0.25, 0.3) is 0 Å². The molecule has 22 heavy (non-hydrogen) atoms. The number of rotatable bonds is 11. The Labute approximate surface area is 141 Å². The van der Waals surface area contributed by atoms with Gasteiger partial charge in [0.05, 0.1) is 6.10 Å². The van der Waals surface area contributed by atoms with E-state index in [0.29, 0.717) is 6.54 Å². The summed E-state index contributed by atoms with van der Waals surface area (Å²) >= 11 is 6.07. The molecule has 0 aliphatic rings. The molecule has 0 spiro atoms. The van der Waals surface area contributed by atoms with Crippen LogP contribution in [0.1, 0.15) is 69.6 Å². The van der Waals surface area contributed by atoms with Crippen LogP contribution < -0.4 is 0 Å². The number of unbranched alkanes of at least 4 members (excludes halogenated alkanes) is 4. The van der Waals surface area contributed by atoms with Crippen molar-refractivity contribution in [1.82, 2.24) is 4.90 Å². The van der Waals surface area contributed by atoms with E-state index in [2.05, 4.69) is 18.7 Å². The molecular weight excluding hydrogens is 294 g/mol. The van der Waals surface area contributed by atoms with Crippen LogP contribution in [-0.4, -0.2) is 29.6 Å². The van der Waals surface area contributed by atoms with Gasteiger partial charge in [-0.2, -0.15) is 0 Å². The summed E-state index contributed by atoms with van der Waals surface area (Å²) < 4.78 is 0. The molecule has 0 fully saturated rings. The van der Waals surface area contributed by atoms with Crippen molar-refractivity contribution in [2.75, 3.05) is 19.6 Å². The molecule has 1 aromatic carbocycles. The van der Waals surface area contributed by atoms with E-state index in [1.54, 1.807) is 0 Å². The molecule has 0 aliphatic heterocycles. The summed E-state index contributed by atoms with van der Waals surface area (Å²) in [4.78, 5) is 2.42. The summed E-state index contributed by atoms with van der Waals surface area (Å²) in [5.41, 5.74) is 2.00. The summed E-state index contributed by atoms with van der Waals surface area (Å²) in [6, 6.07) is 5.83. The minimum absolute atomic E-state index is 0.431. The lowest BCUT2D eigenvalue weighted by atomic mass is 10.1. The average molecular weight is 326 g/mol. The second-order valence-corrected chi connectivity index (χ2v) is 6.65. The maximum atomic E-state index is 10.5. The number of aryl methyl sites for hydroxylation is 1. The van der Waals surface area contributed by atoms with Gasteiger partial charge < -0.3 is 10.0 Å². The van der Waals surface area contributed by atoms with Crippen molar-refractivity contribution in [3.8, 4) is 0 Å². The zero-order chi connectivity index (χ0) is 16.4. The van der Waals surface area contributed by atoms with E-state index in [9.17, 15) is 5.11 Å². The van der Waals surface area contributed by atoms with Crippen molar-refractivity contribution in [2.24, 2.45) is 0 Å². The molecule has 1 aromatic rings. The van der Waals surface area contributed by atoms with Crippen LogP contribution in [0.4, 0.5) is 0 Å². The van der Waals surface area contributed by atoms with E-state index in [1.165, 1.54) is 38.5 Å². The zero-order valence-electron chi connectivity index (χ0n) is 14.4. The first-order valence-electron chi connectivity index (χ1n) is 8.75. The van der Waals surface area contributed by atoms with Crippen LogP contribution in [0, 0.1) is 6.92 Å². The highest BCUT2D eigenvalue weighted by Crippen LogP contribution is 2.22. The molecular formula is C19H32ClNO. The Morgan fingerprint density at radius 3 is 2.14 bits per heavy atom. The van der Waals surface area contributed by atoms with Gasteiger partial charge in [0, 0.05) is 11.6 Å². The van der Waals surface area contributed by atoms with E-state index in [4.69, 9.17) is 11.6 Å². The molecule has 1 rings (SSSR count). The quantitative estimate of drug-likeness (QED) is 0.553. The fraction of sp³-hybridized carbons (Fsp3) is 0.684. The fourth-order valence-electron chi connectivity index (χ4n) is 2.69. The molecule has 3 heteroatoms. The largest absolute Gasteiger partial charge is 0.387 e. The lowest BCUT2D eigenvalue weighted by Gasteiger charge is -2.25. The summed E-state index contributed by atoms with van der Waals surface area (Å²) in [5, 5.41) is 11.3. The smallest absolute Gasteiger partial charge is 0.0917 e. The van der Waals surface area contributed by atoms with Crippen LogP contribution in [0.3, 0.4) is 0 Å². The van der Waals surface area contributed by atoms with E-state index in [-0.39, 0.29) is 0 Å². The van der Waals surface area contributed by atoms with Crippen LogP contribution >= 0.6 is 11.6 Å². The Bertz CT molecular complexity index is 412. The number of hydrogen-bond acceptors (Lipinski definition) is 2. The first-order chi connectivity index (χ1) is 10.6. The highest BCUT2D eigenvalue weighted by Gasteiger charge is 2.14. The first kappa shape index (κ1) is 19.5. The van der Waals surface area contributed by atoms with Crippen LogP contribution in [0.2, 0.25) is 5.02 Å². The van der Waals surface area contributed by atoms with Crippen LogP contribution in [-0.2, 0) is 0 Å². The van der Waals surface area contributed by atoms with Crippen molar-refractivity contribution in [3.63, 3.8) is 0 Å². The van der Waals surface area contributed by atoms with Gasteiger partial charge in [0.15, 0.2) is 0 Å². The number of aliphatic hydroxyl groups is 1. The Kier molecular flexibility index (Phi) is 9.77. The summed E-state index contributed by atoms with van der Waals surface area (Å²) in [6.45, 7) is 9.33. The fourth-order valence-corrected chi connectivity index (χ4v) is 2.81. The van der Waals surface area contributed by atoms with Crippen LogP contribution in [0.15, 0.2) is 18.2 Å². The number of hydrogen-bond donors (Lipinski definition) is 1. The van der Waals surface area contributed by atoms with E-state index in [1.807, 2.05) is 25.1 Å². The van der Waals surface area contributed by atoms with Gasteiger partial charge in [-0.25, -0.2) is 0 Å². The predicted molar refractivity (Wildman–Crippen MR) is 96.6 cm³/mol. The maximum Gasteiger partial charge on any atom is 0.0917 e. The van der Waals surface area contributed by atoms with Gasteiger partial charge in [0.1, 0.15) is 0 Å². The van der Waals surface area contributed by atoms with Crippen molar-refractivity contribution in [3.05, 3.63) is 34.3 Å². The highest BCUT2D eigenvalue weighted by molar-refractivity contribution is 6.31. The second-order valence-electron chi connectivity index (χ2n) is 6.24. The van der Waals surface area contributed by atoms with Crippen molar-refractivity contribution in [1.29, 1.82) is 0 Å². The number of benzene rings is 1. The Balaban J connectivity index is 2.58. The third-order valence-electron chi connectivity index (χ3n) is 4.15. The van der Waals surface area contributed by atoms with Gasteiger partial charge in [0.25, 0.3) is 0 Å². The van der Waals surface area contributed by atoms with Gasteiger partial charge in [-0.1, -0.05) is 63.3 Å². The summed E-state index contributed by atoms with van der Waals surface area (Å²) in [6.07, 6.45) is 7.01. The normalized spacial score (nSPS) is 12.8. The second kappa shape index (κ2) is 11.0. The number of aliphatic hydroxyl groups excluding tert-OH is 1. The Morgan fingerprint density at radius 2 is 1.64 bits per heavy atom. The van der Waals surface area contributed by atoms with Gasteiger partial charge in [-0.15, -0.1) is 0 Å².